The number of ether oxygens (including phenoxy) is 2. The summed E-state index contributed by atoms with van der Waals surface area (Å²) >= 11 is 0. The summed E-state index contributed by atoms with van der Waals surface area (Å²) in [7, 11) is 0. The van der Waals surface area contributed by atoms with E-state index >= 15 is 0 Å². The molecular formula is C38H47NO2. The molecule has 216 valence electrons. The standard InChI is InChI=1S/C38H47NO2/c1-5-6-7-14-22-38(3,4)33-25-35(40-27-30-15-10-8-11-16-30)37(34-24-29(2)19-20-32(34)21-23-39)36(26-33)41-28-31-17-12-9-13-18-31/h8-13,15-18,25-26,29H,5-7,14,19-22,24,27-28H2,1-4H3. The molecule has 1 aliphatic rings. The van der Waals surface area contributed by atoms with E-state index in [0.29, 0.717) is 25.6 Å². The Bertz CT molecular complexity index is 1250. The molecule has 0 radical (unpaired) electrons. The Morgan fingerprint density at radius 1 is 0.854 bits per heavy atom. The van der Waals surface area contributed by atoms with Crippen LogP contribution in [0, 0.1) is 17.2 Å². The summed E-state index contributed by atoms with van der Waals surface area (Å²) in [5.41, 5.74) is 7.01. The molecule has 0 fully saturated rings. The molecule has 0 saturated carbocycles. The van der Waals surface area contributed by atoms with Crippen LogP contribution < -0.4 is 9.47 Å². The van der Waals surface area contributed by atoms with Gasteiger partial charge in [-0.3, -0.25) is 0 Å². The predicted octanol–water partition coefficient (Wildman–Crippen LogP) is 10.6. The first-order valence-corrected chi connectivity index (χ1v) is 15.5. The summed E-state index contributed by atoms with van der Waals surface area (Å²) in [4.78, 5) is 0. The molecule has 3 nitrogen and oxygen atoms in total. The van der Waals surface area contributed by atoms with Crippen molar-refractivity contribution in [2.45, 2.75) is 104 Å². The molecule has 3 aromatic rings. The van der Waals surface area contributed by atoms with Crippen molar-refractivity contribution in [2.75, 3.05) is 0 Å². The van der Waals surface area contributed by atoms with Crippen LogP contribution in [0.2, 0.25) is 0 Å². The Balaban J connectivity index is 1.83. The topological polar surface area (TPSA) is 42.2 Å². The molecule has 0 spiro atoms. The van der Waals surface area contributed by atoms with Crippen molar-refractivity contribution in [1.29, 1.82) is 5.26 Å². The highest BCUT2D eigenvalue weighted by atomic mass is 16.5. The minimum atomic E-state index is -0.0221. The third-order valence-corrected chi connectivity index (χ3v) is 8.49. The van der Waals surface area contributed by atoms with Crippen LogP contribution in [0.4, 0.5) is 0 Å². The fourth-order valence-corrected chi connectivity index (χ4v) is 5.85. The van der Waals surface area contributed by atoms with Gasteiger partial charge in [0.05, 0.1) is 18.1 Å². The lowest BCUT2D eigenvalue weighted by Gasteiger charge is -2.31. The summed E-state index contributed by atoms with van der Waals surface area (Å²) in [6.07, 6.45) is 9.54. The fraction of sp³-hybridized carbons (Fsp3) is 0.447. The van der Waals surface area contributed by atoms with Gasteiger partial charge in [-0.2, -0.15) is 5.26 Å². The van der Waals surface area contributed by atoms with Gasteiger partial charge in [0.1, 0.15) is 24.7 Å². The molecule has 0 aromatic heterocycles. The Morgan fingerprint density at radius 2 is 1.44 bits per heavy atom. The van der Waals surface area contributed by atoms with Crippen LogP contribution in [0.5, 0.6) is 11.5 Å². The zero-order valence-corrected chi connectivity index (χ0v) is 25.5. The molecule has 41 heavy (non-hydrogen) atoms. The molecule has 0 aliphatic heterocycles. The number of unbranched alkanes of at least 4 members (excludes halogenated alkanes) is 3. The van der Waals surface area contributed by atoms with E-state index in [9.17, 15) is 5.26 Å². The Kier molecular flexibility index (Phi) is 11.1. The van der Waals surface area contributed by atoms with Crippen molar-refractivity contribution >= 4 is 5.57 Å². The van der Waals surface area contributed by atoms with E-state index in [-0.39, 0.29) is 5.41 Å². The third-order valence-electron chi connectivity index (χ3n) is 8.49. The summed E-state index contributed by atoms with van der Waals surface area (Å²) < 4.78 is 13.4. The van der Waals surface area contributed by atoms with Crippen molar-refractivity contribution in [3.05, 3.63) is 101 Å². The number of benzene rings is 3. The summed E-state index contributed by atoms with van der Waals surface area (Å²) in [6.45, 7) is 10.2. The van der Waals surface area contributed by atoms with Gasteiger partial charge in [-0.25, -0.2) is 0 Å². The van der Waals surface area contributed by atoms with Gasteiger partial charge in [0.25, 0.3) is 0 Å². The van der Waals surface area contributed by atoms with Gasteiger partial charge < -0.3 is 9.47 Å². The zero-order chi connectivity index (χ0) is 29.1. The number of hydrogen-bond acceptors (Lipinski definition) is 3. The molecule has 0 bridgehead atoms. The van der Waals surface area contributed by atoms with E-state index < -0.39 is 0 Å². The second-order valence-corrected chi connectivity index (χ2v) is 12.4. The number of allylic oxidation sites excluding steroid dienone is 2. The lowest BCUT2D eigenvalue weighted by Crippen LogP contribution is -2.18. The molecule has 3 heteroatoms. The van der Waals surface area contributed by atoms with Crippen LogP contribution in [0.15, 0.2) is 78.4 Å². The van der Waals surface area contributed by atoms with Crippen molar-refractivity contribution in [2.24, 2.45) is 5.92 Å². The zero-order valence-electron chi connectivity index (χ0n) is 25.5. The maximum atomic E-state index is 9.72. The molecule has 0 saturated heterocycles. The SMILES string of the molecule is CCCCCCC(C)(C)c1cc(OCc2ccccc2)c(C2=C(CC#N)CCC(C)C2)c(OCc2ccccc2)c1. The van der Waals surface area contributed by atoms with Crippen LogP contribution in [0.3, 0.4) is 0 Å². The molecule has 0 N–H and O–H groups in total. The first-order chi connectivity index (χ1) is 19.9. The molecule has 0 heterocycles. The Hall–Kier alpha value is -3.51. The number of nitrogens with zero attached hydrogens (tertiary/aromatic N) is 1. The fourth-order valence-electron chi connectivity index (χ4n) is 5.85. The second kappa shape index (κ2) is 14.9. The molecule has 1 unspecified atom stereocenters. The van der Waals surface area contributed by atoms with Crippen molar-refractivity contribution in [1.82, 2.24) is 0 Å². The van der Waals surface area contributed by atoms with Crippen LogP contribution in [-0.4, -0.2) is 0 Å². The molecule has 1 aliphatic carbocycles. The van der Waals surface area contributed by atoms with Gasteiger partial charge in [-0.05, 0) is 71.4 Å². The average Bonchev–Trinajstić information content (AvgIpc) is 2.99. The van der Waals surface area contributed by atoms with E-state index in [0.717, 1.165) is 53.9 Å². The Labute approximate surface area is 248 Å². The first-order valence-electron chi connectivity index (χ1n) is 15.5. The van der Waals surface area contributed by atoms with E-state index in [2.05, 4.69) is 94.4 Å². The quantitative estimate of drug-likeness (QED) is 0.188. The molecule has 0 amide bonds. The maximum absolute atomic E-state index is 9.72. The van der Waals surface area contributed by atoms with Crippen LogP contribution in [-0.2, 0) is 18.6 Å². The van der Waals surface area contributed by atoms with Gasteiger partial charge in [0, 0.05) is 0 Å². The summed E-state index contributed by atoms with van der Waals surface area (Å²) in [5, 5.41) is 9.72. The first kappa shape index (κ1) is 30.4. The minimum absolute atomic E-state index is 0.0221. The van der Waals surface area contributed by atoms with Gasteiger partial charge in [-0.15, -0.1) is 0 Å². The molecule has 3 aromatic carbocycles. The van der Waals surface area contributed by atoms with E-state index in [4.69, 9.17) is 9.47 Å². The molecular weight excluding hydrogens is 502 g/mol. The van der Waals surface area contributed by atoms with Gasteiger partial charge in [0.2, 0.25) is 0 Å². The van der Waals surface area contributed by atoms with Gasteiger partial charge >= 0.3 is 0 Å². The third kappa shape index (κ3) is 8.49. The van der Waals surface area contributed by atoms with Crippen LogP contribution in [0.25, 0.3) is 5.57 Å². The van der Waals surface area contributed by atoms with Crippen LogP contribution >= 0.6 is 0 Å². The maximum Gasteiger partial charge on any atom is 0.131 e. The van der Waals surface area contributed by atoms with Gasteiger partial charge in [0.15, 0.2) is 0 Å². The summed E-state index contributed by atoms with van der Waals surface area (Å²) in [5.74, 6) is 2.29. The molecule has 4 rings (SSSR count). The highest BCUT2D eigenvalue weighted by molar-refractivity contribution is 5.79. The summed E-state index contributed by atoms with van der Waals surface area (Å²) in [6, 6.07) is 27.7. The van der Waals surface area contributed by atoms with Crippen LogP contribution in [0.1, 0.15) is 108 Å². The lowest BCUT2D eigenvalue weighted by molar-refractivity contribution is 0.285. The average molecular weight is 550 g/mol. The number of nitriles is 1. The van der Waals surface area contributed by atoms with E-state index in [1.165, 1.54) is 42.4 Å². The highest BCUT2D eigenvalue weighted by Gasteiger charge is 2.29. The largest absolute Gasteiger partial charge is 0.488 e. The van der Waals surface area contributed by atoms with E-state index in [1.54, 1.807) is 0 Å². The van der Waals surface area contributed by atoms with Crippen molar-refractivity contribution in [3.63, 3.8) is 0 Å². The highest BCUT2D eigenvalue weighted by Crippen LogP contribution is 2.47. The minimum Gasteiger partial charge on any atom is -0.488 e. The monoisotopic (exact) mass is 549 g/mol. The number of hydrogen-bond donors (Lipinski definition) is 0. The Morgan fingerprint density at radius 3 is 1.98 bits per heavy atom. The second-order valence-electron chi connectivity index (χ2n) is 12.4. The van der Waals surface area contributed by atoms with Gasteiger partial charge in [-0.1, -0.05) is 120 Å². The normalized spacial score (nSPS) is 15.4. The van der Waals surface area contributed by atoms with E-state index in [1.807, 2.05) is 12.1 Å². The number of rotatable bonds is 14. The smallest absolute Gasteiger partial charge is 0.131 e. The predicted molar refractivity (Wildman–Crippen MR) is 170 cm³/mol. The molecule has 1 atom stereocenters. The van der Waals surface area contributed by atoms with Crippen molar-refractivity contribution < 1.29 is 9.47 Å². The lowest BCUT2D eigenvalue weighted by atomic mass is 9.77. The van der Waals surface area contributed by atoms with Crippen molar-refractivity contribution in [3.8, 4) is 17.6 Å².